The van der Waals surface area contributed by atoms with Crippen LogP contribution in [-0.4, -0.2) is 18.9 Å². The quantitative estimate of drug-likeness (QED) is 0.664. The van der Waals surface area contributed by atoms with Crippen molar-refractivity contribution < 1.29 is 13.6 Å². The van der Waals surface area contributed by atoms with Gasteiger partial charge in [0.15, 0.2) is 0 Å². The third-order valence-electron chi connectivity index (χ3n) is 1.99. The minimum absolute atomic E-state index is 0.102. The summed E-state index contributed by atoms with van der Waals surface area (Å²) in [5.74, 6) is -1.15. The molecule has 0 spiro atoms. The average molecular weight is 163 g/mol. The maximum atomic E-state index is 11.6. The van der Waals surface area contributed by atoms with Crippen molar-refractivity contribution in [2.45, 2.75) is 26.2 Å². The Labute approximate surface area is 64.0 Å². The van der Waals surface area contributed by atoms with E-state index in [1.807, 2.05) is 6.92 Å². The van der Waals surface area contributed by atoms with Crippen LogP contribution in [0, 0.1) is 5.41 Å². The fourth-order valence-electron chi connectivity index (χ4n) is 0.768. The largest absolute Gasteiger partial charge is 0.351 e. The summed E-state index contributed by atoms with van der Waals surface area (Å²) in [7, 11) is 0. The first-order valence-electron chi connectivity index (χ1n) is 3.59. The molecule has 0 unspecified atom stereocenters. The highest BCUT2D eigenvalue weighted by Gasteiger charge is 2.37. The molecule has 1 aliphatic carbocycles. The van der Waals surface area contributed by atoms with Crippen LogP contribution in [0.1, 0.15) is 19.8 Å². The summed E-state index contributed by atoms with van der Waals surface area (Å²) in [5, 5.41) is 2.20. The van der Waals surface area contributed by atoms with Crippen LogP contribution in [0.2, 0.25) is 0 Å². The average Bonchev–Trinajstić information content (AvgIpc) is 2.64. The molecule has 1 fully saturated rings. The normalized spacial score (nSPS) is 20.0. The summed E-state index contributed by atoms with van der Waals surface area (Å²) >= 11 is 0. The second-order valence-electron chi connectivity index (χ2n) is 3.33. The number of hydrogen-bond donors (Lipinski definition) is 1. The summed E-state index contributed by atoms with van der Waals surface area (Å²) in [4.78, 5) is 10.4. The smallest absolute Gasteiger partial charge is 0.315 e. The van der Waals surface area contributed by atoms with Crippen LogP contribution >= 0.6 is 0 Å². The fourth-order valence-corrected chi connectivity index (χ4v) is 0.768. The van der Waals surface area contributed by atoms with E-state index < -0.39 is 12.3 Å². The van der Waals surface area contributed by atoms with Crippen molar-refractivity contribution in [3.8, 4) is 0 Å². The molecule has 0 bridgehead atoms. The van der Waals surface area contributed by atoms with Crippen molar-refractivity contribution in [3.05, 3.63) is 0 Å². The van der Waals surface area contributed by atoms with Crippen LogP contribution in [0.3, 0.4) is 0 Å². The highest BCUT2D eigenvalue weighted by Crippen LogP contribution is 2.43. The van der Waals surface area contributed by atoms with Crippen molar-refractivity contribution in [1.82, 2.24) is 5.32 Å². The molecule has 1 aliphatic rings. The summed E-state index contributed by atoms with van der Waals surface area (Å²) in [6, 6.07) is 0. The first kappa shape index (κ1) is 8.43. The van der Waals surface area contributed by atoms with Gasteiger partial charge in [-0.3, -0.25) is 4.79 Å². The topological polar surface area (TPSA) is 29.1 Å². The van der Waals surface area contributed by atoms with Gasteiger partial charge in [-0.05, 0) is 18.3 Å². The van der Waals surface area contributed by atoms with E-state index in [1.54, 1.807) is 0 Å². The Hall–Kier alpha value is -0.670. The van der Waals surface area contributed by atoms with Crippen LogP contribution in [0.5, 0.6) is 0 Å². The SMILES string of the molecule is CC1(CNC(=O)C(F)F)CC1. The predicted molar refractivity (Wildman–Crippen MR) is 36.4 cm³/mol. The predicted octanol–water partition coefficient (Wildman–Crippen LogP) is 1.17. The second kappa shape index (κ2) is 2.75. The third kappa shape index (κ3) is 2.44. The van der Waals surface area contributed by atoms with Crippen LogP contribution < -0.4 is 5.32 Å². The number of rotatable bonds is 3. The number of carbonyl (C=O) groups is 1. The van der Waals surface area contributed by atoms with E-state index in [1.165, 1.54) is 0 Å². The maximum absolute atomic E-state index is 11.6. The Morgan fingerprint density at radius 2 is 2.18 bits per heavy atom. The van der Waals surface area contributed by atoms with E-state index in [2.05, 4.69) is 5.32 Å². The fraction of sp³-hybridized carbons (Fsp3) is 0.857. The van der Waals surface area contributed by atoms with Crippen LogP contribution in [0.4, 0.5) is 8.78 Å². The Morgan fingerprint density at radius 3 is 2.55 bits per heavy atom. The van der Waals surface area contributed by atoms with Crippen molar-refractivity contribution in [3.63, 3.8) is 0 Å². The number of hydrogen-bond acceptors (Lipinski definition) is 1. The zero-order chi connectivity index (χ0) is 8.48. The lowest BCUT2D eigenvalue weighted by atomic mass is 10.1. The van der Waals surface area contributed by atoms with Gasteiger partial charge in [-0.15, -0.1) is 0 Å². The van der Waals surface area contributed by atoms with Crippen LogP contribution in [-0.2, 0) is 4.79 Å². The Bertz CT molecular complexity index is 166. The van der Waals surface area contributed by atoms with E-state index in [0.29, 0.717) is 6.54 Å². The monoisotopic (exact) mass is 163 g/mol. The summed E-state index contributed by atoms with van der Waals surface area (Å²) in [5.41, 5.74) is 0.102. The zero-order valence-electron chi connectivity index (χ0n) is 6.36. The molecule has 1 N–H and O–H groups in total. The summed E-state index contributed by atoms with van der Waals surface area (Å²) < 4.78 is 23.2. The molecule has 1 amide bonds. The van der Waals surface area contributed by atoms with Crippen molar-refractivity contribution in [1.29, 1.82) is 0 Å². The second-order valence-corrected chi connectivity index (χ2v) is 3.33. The highest BCUT2D eigenvalue weighted by molar-refractivity contribution is 5.79. The molecule has 0 heterocycles. The van der Waals surface area contributed by atoms with Gasteiger partial charge in [-0.1, -0.05) is 6.92 Å². The molecule has 11 heavy (non-hydrogen) atoms. The Morgan fingerprint density at radius 1 is 1.64 bits per heavy atom. The van der Waals surface area contributed by atoms with Gasteiger partial charge < -0.3 is 5.32 Å². The van der Waals surface area contributed by atoms with Gasteiger partial charge in [0.05, 0.1) is 0 Å². The molecule has 4 heteroatoms. The highest BCUT2D eigenvalue weighted by atomic mass is 19.3. The number of amides is 1. The first-order valence-corrected chi connectivity index (χ1v) is 3.59. The minimum Gasteiger partial charge on any atom is -0.351 e. The Kier molecular flexibility index (Phi) is 2.11. The number of carbonyl (C=O) groups excluding carboxylic acids is 1. The molecule has 0 aromatic carbocycles. The molecule has 0 radical (unpaired) electrons. The Balaban J connectivity index is 2.16. The molecule has 0 aromatic heterocycles. The van der Waals surface area contributed by atoms with Gasteiger partial charge in [0.1, 0.15) is 0 Å². The van der Waals surface area contributed by atoms with Gasteiger partial charge in [0, 0.05) is 6.54 Å². The van der Waals surface area contributed by atoms with E-state index in [4.69, 9.17) is 0 Å². The molecule has 64 valence electrons. The lowest BCUT2D eigenvalue weighted by molar-refractivity contribution is -0.131. The number of halogens is 2. The van der Waals surface area contributed by atoms with Gasteiger partial charge in [0.2, 0.25) is 0 Å². The molecular formula is C7H11F2NO. The van der Waals surface area contributed by atoms with E-state index in [9.17, 15) is 13.6 Å². The number of nitrogens with one attached hydrogen (secondary N) is 1. The number of alkyl halides is 2. The van der Waals surface area contributed by atoms with E-state index in [0.717, 1.165) is 12.8 Å². The lowest BCUT2D eigenvalue weighted by Crippen LogP contribution is -2.33. The molecule has 0 saturated heterocycles. The summed E-state index contributed by atoms with van der Waals surface area (Å²) in [6.07, 6.45) is -0.829. The first-order chi connectivity index (χ1) is 5.03. The van der Waals surface area contributed by atoms with Crippen LogP contribution in [0.25, 0.3) is 0 Å². The molecular weight excluding hydrogens is 152 g/mol. The molecule has 2 nitrogen and oxygen atoms in total. The summed E-state index contributed by atoms with van der Waals surface area (Å²) in [6.45, 7) is 2.36. The van der Waals surface area contributed by atoms with Gasteiger partial charge in [-0.25, -0.2) is 0 Å². The van der Waals surface area contributed by atoms with Gasteiger partial charge in [-0.2, -0.15) is 8.78 Å². The maximum Gasteiger partial charge on any atom is 0.315 e. The third-order valence-corrected chi connectivity index (χ3v) is 1.99. The zero-order valence-corrected chi connectivity index (χ0v) is 6.36. The van der Waals surface area contributed by atoms with Crippen molar-refractivity contribution in [2.24, 2.45) is 5.41 Å². The standard InChI is InChI=1S/C7H11F2NO/c1-7(2-3-7)4-10-6(11)5(8)9/h5H,2-4H2,1H3,(H,10,11). The van der Waals surface area contributed by atoms with Gasteiger partial charge >= 0.3 is 6.43 Å². The van der Waals surface area contributed by atoms with Gasteiger partial charge in [0.25, 0.3) is 5.91 Å². The molecule has 1 rings (SSSR count). The van der Waals surface area contributed by atoms with Crippen LogP contribution in [0.15, 0.2) is 0 Å². The molecule has 0 aliphatic heterocycles. The van der Waals surface area contributed by atoms with E-state index in [-0.39, 0.29) is 5.41 Å². The molecule has 0 aromatic rings. The molecule has 0 atom stereocenters. The lowest BCUT2D eigenvalue weighted by Gasteiger charge is -2.08. The minimum atomic E-state index is -2.88. The van der Waals surface area contributed by atoms with E-state index >= 15 is 0 Å². The van der Waals surface area contributed by atoms with Crippen molar-refractivity contribution >= 4 is 5.91 Å². The molecule has 1 saturated carbocycles. The van der Waals surface area contributed by atoms with Crippen molar-refractivity contribution in [2.75, 3.05) is 6.54 Å².